The number of pyridine rings is 1. The van der Waals surface area contributed by atoms with E-state index in [2.05, 4.69) is 4.98 Å². The SMILES string of the molecule is COc1ccc(Cl)cc1-c1cn2ccc(C)cc2n1. The third kappa shape index (κ3) is 2.17. The van der Waals surface area contributed by atoms with E-state index in [-0.39, 0.29) is 0 Å². The van der Waals surface area contributed by atoms with Crippen LogP contribution in [-0.4, -0.2) is 16.5 Å². The van der Waals surface area contributed by atoms with Crippen molar-refractivity contribution in [2.24, 2.45) is 0 Å². The summed E-state index contributed by atoms with van der Waals surface area (Å²) in [6.45, 7) is 2.05. The van der Waals surface area contributed by atoms with Crippen molar-refractivity contribution in [2.75, 3.05) is 7.11 Å². The molecular weight excluding hydrogens is 260 g/mol. The highest BCUT2D eigenvalue weighted by atomic mass is 35.5. The number of nitrogens with zero attached hydrogens (tertiary/aromatic N) is 2. The van der Waals surface area contributed by atoms with Crippen molar-refractivity contribution < 1.29 is 4.74 Å². The molecule has 0 unspecified atom stereocenters. The van der Waals surface area contributed by atoms with Crippen molar-refractivity contribution in [3.8, 4) is 17.0 Å². The van der Waals surface area contributed by atoms with Crippen molar-refractivity contribution in [3.63, 3.8) is 0 Å². The van der Waals surface area contributed by atoms with Gasteiger partial charge in [-0.25, -0.2) is 4.98 Å². The van der Waals surface area contributed by atoms with Gasteiger partial charge >= 0.3 is 0 Å². The molecule has 19 heavy (non-hydrogen) atoms. The summed E-state index contributed by atoms with van der Waals surface area (Å²) < 4.78 is 7.36. The first-order chi connectivity index (χ1) is 9.17. The van der Waals surface area contributed by atoms with Crippen LogP contribution in [0.3, 0.4) is 0 Å². The topological polar surface area (TPSA) is 26.5 Å². The van der Waals surface area contributed by atoms with Crippen LogP contribution in [0.5, 0.6) is 5.75 Å². The summed E-state index contributed by atoms with van der Waals surface area (Å²) >= 11 is 6.06. The molecule has 0 radical (unpaired) electrons. The second kappa shape index (κ2) is 4.59. The zero-order chi connectivity index (χ0) is 13.4. The molecule has 0 aliphatic rings. The number of methoxy groups -OCH3 is 1. The van der Waals surface area contributed by atoms with E-state index in [4.69, 9.17) is 16.3 Å². The summed E-state index contributed by atoms with van der Waals surface area (Å²) in [5, 5.41) is 0.670. The average Bonchev–Trinajstić information content (AvgIpc) is 2.81. The molecule has 0 saturated carbocycles. The van der Waals surface area contributed by atoms with Crippen LogP contribution in [0.1, 0.15) is 5.56 Å². The fourth-order valence-corrected chi connectivity index (χ4v) is 2.27. The fraction of sp³-hybridized carbons (Fsp3) is 0.133. The lowest BCUT2D eigenvalue weighted by molar-refractivity contribution is 0.416. The van der Waals surface area contributed by atoms with E-state index in [1.54, 1.807) is 7.11 Å². The van der Waals surface area contributed by atoms with Crippen LogP contribution in [0.15, 0.2) is 42.7 Å². The number of imidazole rings is 1. The number of benzene rings is 1. The highest BCUT2D eigenvalue weighted by Crippen LogP contribution is 2.32. The Balaban J connectivity index is 2.21. The smallest absolute Gasteiger partial charge is 0.137 e. The van der Waals surface area contributed by atoms with Gasteiger partial charge in [-0.2, -0.15) is 0 Å². The fourth-order valence-electron chi connectivity index (χ4n) is 2.09. The largest absolute Gasteiger partial charge is 0.496 e. The Kier molecular flexibility index (Phi) is 2.91. The van der Waals surface area contributed by atoms with Crippen LogP contribution in [-0.2, 0) is 0 Å². The molecule has 3 nitrogen and oxygen atoms in total. The van der Waals surface area contributed by atoms with Crippen LogP contribution in [0.2, 0.25) is 5.02 Å². The van der Waals surface area contributed by atoms with Crippen LogP contribution >= 0.6 is 11.6 Å². The summed E-state index contributed by atoms with van der Waals surface area (Å²) in [5.41, 5.74) is 3.85. The molecule has 2 aromatic heterocycles. The second-order valence-corrected chi connectivity index (χ2v) is 4.88. The van der Waals surface area contributed by atoms with Gasteiger partial charge in [-0.3, -0.25) is 0 Å². The number of aryl methyl sites for hydroxylation is 1. The molecule has 4 heteroatoms. The van der Waals surface area contributed by atoms with Gasteiger partial charge in [0.1, 0.15) is 11.4 Å². The van der Waals surface area contributed by atoms with Crippen LogP contribution in [0.4, 0.5) is 0 Å². The predicted molar refractivity (Wildman–Crippen MR) is 76.9 cm³/mol. The first-order valence-electron chi connectivity index (χ1n) is 5.96. The van der Waals surface area contributed by atoms with E-state index in [1.807, 2.05) is 54.0 Å². The van der Waals surface area contributed by atoms with Gasteiger partial charge in [0.25, 0.3) is 0 Å². The van der Waals surface area contributed by atoms with Gasteiger partial charge in [0.15, 0.2) is 0 Å². The lowest BCUT2D eigenvalue weighted by Crippen LogP contribution is -1.87. The van der Waals surface area contributed by atoms with E-state index in [0.29, 0.717) is 5.02 Å². The Morgan fingerprint density at radius 1 is 1.21 bits per heavy atom. The monoisotopic (exact) mass is 272 g/mol. The molecule has 0 spiro atoms. The second-order valence-electron chi connectivity index (χ2n) is 4.44. The molecule has 0 N–H and O–H groups in total. The minimum atomic E-state index is 0.670. The van der Waals surface area contributed by atoms with Gasteiger partial charge in [0, 0.05) is 23.0 Å². The Hall–Kier alpha value is -2.00. The van der Waals surface area contributed by atoms with E-state index in [9.17, 15) is 0 Å². The maximum Gasteiger partial charge on any atom is 0.137 e. The number of hydrogen-bond donors (Lipinski definition) is 0. The minimum absolute atomic E-state index is 0.670. The molecule has 0 bridgehead atoms. The quantitative estimate of drug-likeness (QED) is 0.706. The molecule has 3 rings (SSSR count). The zero-order valence-electron chi connectivity index (χ0n) is 10.7. The summed E-state index contributed by atoms with van der Waals surface area (Å²) in [7, 11) is 1.65. The van der Waals surface area contributed by atoms with Gasteiger partial charge in [0.2, 0.25) is 0 Å². The number of hydrogen-bond acceptors (Lipinski definition) is 2. The normalized spacial score (nSPS) is 10.9. The van der Waals surface area contributed by atoms with Gasteiger partial charge < -0.3 is 9.14 Å². The first kappa shape index (κ1) is 12.1. The lowest BCUT2D eigenvalue weighted by Gasteiger charge is -2.05. The molecule has 0 amide bonds. The van der Waals surface area contributed by atoms with Crippen LogP contribution < -0.4 is 4.74 Å². The first-order valence-corrected chi connectivity index (χ1v) is 6.34. The number of rotatable bonds is 2. The van der Waals surface area contributed by atoms with Crippen molar-refractivity contribution in [2.45, 2.75) is 6.92 Å². The molecule has 0 atom stereocenters. The molecule has 2 heterocycles. The third-order valence-corrected chi connectivity index (χ3v) is 3.29. The number of aromatic nitrogens is 2. The number of ether oxygens (including phenoxy) is 1. The highest BCUT2D eigenvalue weighted by Gasteiger charge is 2.10. The molecule has 96 valence electrons. The van der Waals surface area contributed by atoms with Crippen molar-refractivity contribution in [1.82, 2.24) is 9.38 Å². The summed E-state index contributed by atoms with van der Waals surface area (Å²) in [6.07, 6.45) is 3.97. The average molecular weight is 273 g/mol. The minimum Gasteiger partial charge on any atom is -0.496 e. The number of halogens is 1. The molecule has 0 aliphatic carbocycles. The molecule has 1 aromatic carbocycles. The van der Waals surface area contributed by atoms with E-state index in [0.717, 1.165) is 22.7 Å². The standard InChI is InChI=1S/C15H13ClN2O/c1-10-5-6-18-9-13(17-15(18)7-10)12-8-11(16)3-4-14(12)19-2/h3-9H,1-2H3. The van der Waals surface area contributed by atoms with Crippen molar-refractivity contribution >= 4 is 17.2 Å². The third-order valence-electron chi connectivity index (χ3n) is 3.05. The van der Waals surface area contributed by atoms with Crippen molar-refractivity contribution in [3.05, 3.63) is 53.3 Å². The molecule has 0 fully saturated rings. The lowest BCUT2D eigenvalue weighted by atomic mass is 10.1. The highest BCUT2D eigenvalue weighted by molar-refractivity contribution is 6.30. The Labute approximate surface area is 116 Å². The molecule has 0 saturated heterocycles. The maximum absolute atomic E-state index is 6.06. The zero-order valence-corrected chi connectivity index (χ0v) is 11.5. The summed E-state index contributed by atoms with van der Waals surface area (Å²) in [5.74, 6) is 0.768. The summed E-state index contributed by atoms with van der Waals surface area (Å²) in [4.78, 5) is 4.62. The Morgan fingerprint density at radius 3 is 2.84 bits per heavy atom. The van der Waals surface area contributed by atoms with Crippen molar-refractivity contribution in [1.29, 1.82) is 0 Å². The van der Waals surface area contributed by atoms with E-state index < -0.39 is 0 Å². The Morgan fingerprint density at radius 2 is 2.05 bits per heavy atom. The molecule has 3 aromatic rings. The maximum atomic E-state index is 6.06. The Bertz CT molecular complexity index is 749. The van der Waals surface area contributed by atoms with Gasteiger partial charge in [-0.15, -0.1) is 0 Å². The van der Waals surface area contributed by atoms with Gasteiger partial charge in [-0.05, 0) is 42.8 Å². The van der Waals surface area contributed by atoms with E-state index >= 15 is 0 Å². The predicted octanol–water partition coefficient (Wildman–Crippen LogP) is 3.97. The summed E-state index contributed by atoms with van der Waals surface area (Å²) in [6, 6.07) is 9.62. The van der Waals surface area contributed by atoms with Gasteiger partial charge in [0.05, 0.1) is 12.8 Å². The van der Waals surface area contributed by atoms with Crippen LogP contribution in [0, 0.1) is 6.92 Å². The van der Waals surface area contributed by atoms with Gasteiger partial charge in [-0.1, -0.05) is 11.6 Å². The molecule has 0 aliphatic heterocycles. The number of fused-ring (bicyclic) bond motifs is 1. The van der Waals surface area contributed by atoms with E-state index in [1.165, 1.54) is 5.56 Å². The molecular formula is C15H13ClN2O. The van der Waals surface area contributed by atoms with Crippen LogP contribution in [0.25, 0.3) is 16.9 Å².